The summed E-state index contributed by atoms with van der Waals surface area (Å²) in [5.41, 5.74) is 0. The van der Waals surface area contributed by atoms with E-state index in [1.807, 2.05) is 14.0 Å². The summed E-state index contributed by atoms with van der Waals surface area (Å²) in [5.74, 6) is 0.131. The molecule has 1 amide bonds. The Morgan fingerprint density at radius 2 is 2.21 bits per heavy atom. The van der Waals surface area contributed by atoms with Gasteiger partial charge in [-0.05, 0) is 27.3 Å². The predicted molar refractivity (Wildman–Crippen MR) is 77.2 cm³/mol. The first-order valence-corrected chi connectivity index (χ1v) is 7.39. The topological polar surface area (TPSA) is 53.6 Å². The molecule has 5 heteroatoms. The molecule has 0 saturated carbocycles. The van der Waals surface area contributed by atoms with Crippen LogP contribution < -0.4 is 10.6 Å². The largest absolute Gasteiger partial charge is 0.374 e. The minimum absolute atomic E-state index is 0.0810. The van der Waals surface area contributed by atoms with E-state index in [1.165, 1.54) is 0 Å². The first kappa shape index (κ1) is 16.4. The summed E-state index contributed by atoms with van der Waals surface area (Å²) < 4.78 is 5.66. The van der Waals surface area contributed by atoms with Gasteiger partial charge in [-0.2, -0.15) is 0 Å². The number of carbonyl (C=O) groups is 1. The molecule has 112 valence electrons. The van der Waals surface area contributed by atoms with Crippen LogP contribution in [-0.4, -0.2) is 62.3 Å². The maximum atomic E-state index is 12.2. The van der Waals surface area contributed by atoms with E-state index < -0.39 is 0 Å². The van der Waals surface area contributed by atoms with Gasteiger partial charge >= 0.3 is 0 Å². The Morgan fingerprint density at radius 3 is 2.84 bits per heavy atom. The van der Waals surface area contributed by atoms with Crippen LogP contribution in [-0.2, 0) is 9.53 Å². The SMILES string of the molecule is CCCC(C)NC(=O)C(C)N1CCOC(CNC)C1. The molecular weight excluding hydrogens is 242 g/mol. The molecule has 1 aliphatic heterocycles. The zero-order valence-corrected chi connectivity index (χ0v) is 12.7. The van der Waals surface area contributed by atoms with E-state index >= 15 is 0 Å². The van der Waals surface area contributed by atoms with Crippen molar-refractivity contribution in [2.75, 3.05) is 33.3 Å². The molecule has 2 N–H and O–H groups in total. The fourth-order valence-corrected chi connectivity index (χ4v) is 2.48. The lowest BCUT2D eigenvalue weighted by Crippen LogP contribution is -2.54. The summed E-state index contributed by atoms with van der Waals surface area (Å²) in [6.07, 6.45) is 2.31. The molecule has 1 aliphatic rings. The number of carbonyl (C=O) groups excluding carboxylic acids is 1. The van der Waals surface area contributed by atoms with Crippen LogP contribution in [0.25, 0.3) is 0 Å². The molecule has 0 aromatic rings. The number of rotatable bonds is 7. The van der Waals surface area contributed by atoms with Crippen LogP contribution in [0.15, 0.2) is 0 Å². The number of ether oxygens (including phenoxy) is 1. The Hall–Kier alpha value is -0.650. The molecule has 0 aromatic heterocycles. The van der Waals surface area contributed by atoms with Gasteiger partial charge in [0.15, 0.2) is 0 Å². The van der Waals surface area contributed by atoms with E-state index in [1.54, 1.807) is 0 Å². The Bertz CT molecular complexity index is 271. The monoisotopic (exact) mass is 271 g/mol. The van der Waals surface area contributed by atoms with Gasteiger partial charge in [0.05, 0.1) is 18.8 Å². The first-order chi connectivity index (χ1) is 9.08. The molecule has 1 saturated heterocycles. The van der Waals surface area contributed by atoms with Crippen molar-refractivity contribution in [3.8, 4) is 0 Å². The van der Waals surface area contributed by atoms with Crippen molar-refractivity contribution in [1.29, 1.82) is 0 Å². The highest BCUT2D eigenvalue weighted by atomic mass is 16.5. The summed E-state index contributed by atoms with van der Waals surface area (Å²) >= 11 is 0. The highest BCUT2D eigenvalue weighted by molar-refractivity contribution is 5.81. The van der Waals surface area contributed by atoms with Crippen molar-refractivity contribution >= 4 is 5.91 Å². The van der Waals surface area contributed by atoms with Crippen LogP contribution in [0.1, 0.15) is 33.6 Å². The molecule has 1 rings (SSSR count). The van der Waals surface area contributed by atoms with Gasteiger partial charge in [0.2, 0.25) is 5.91 Å². The maximum absolute atomic E-state index is 12.2. The van der Waals surface area contributed by atoms with Crippen LogP contribution in [0, 0.1) is 0 Å². The first-order valence-electron chi connectivity index (χ1n) is 7.39. The molecular formula is C14H29N3O2. The van der Waals surface area contributed by atoms with Crippen molar-refractivity contribution in [1.82, 2.24) is 15.5 Å². The number of hydrogen-bond acceptors (Lipinski definition) is 4. The number of nitrogens with one attached hydrogen (secondary N) is 2. The van der Waals surface area contributed by atoms with Crippen LogP contribution in [0.2, 0.25) is 0 Å². The molecule has 0 spiro atoms. The Morgan fingerprint density at radius 1 is 1.47 bits per heavy atom. The van der Waals surface area contributed by atoms with Gasteiger partial charge in [-0.25, -0.2) is 0 Å². The van der Waals surface area contributed by atoms with E-state index in [0.29, 0.717) is 6.61 Å². The third-order valence-electron chi connectivity index (χ3n) is 3.64. The maximum Gasteiger partial charge on any atom is 0.237 e. The Labute approximate surface area is 117 Å². The molecule has 0 aromatic carbocycles. The predicted octanol–water partition coefficient (Wildman–Crippen LogP) is 0.600. The summed E-state index contributed by atoms with van der Waals surface area (Å²) in [5, 5.41) is 6.21. The van der Waals surface area contributed by atoms with Gasteiger partial charge in [-0.1, -0.05) is 13.3 Å². The number of nitrogens with zero attached hydrogens (tertiary/aromatic N) is 1. The van der Waals surface area contributed by atoms with Gasteiger partial charge in [0.1, 0.15) is 0 Å². The van der Waals surface area contributed by atoms with Gasteiger partial charge in [0.25, 0.3) is 0 Å². The van der Waals surface area contributed by atoms with Crippen LogP contribution in [0.3, 0.4) is 0 Å². The summed E-state index contributed by atoms with van der Waals surface area (Å²) in [6.45, 7) is 9.36. The Balaban J connectivity index is 2.42. The summed E-state index contributed by atoms with van der Waals surface area (Å²) in [4.78, 5) is 14.4. The standard InChI is InChI=1S/C14H29N3O2/c1-5-6-11(2)16-14(18)12(3)17-7-8-19-13(10-17)9-15-4/h11-13,15H,5-10H2,1-4H3,(H,16,18). The zero-order chi connectivity index (χ0) is 14.3. The van der Waals surface area contributed by atoms with Crippen molar-refractivity contribution in [3.05, 3.63) is 0 Å². The van der Waals surface area contributed by atoms with Crippen molar-refractivity contribution in [2.45, 2.75) is 51.8 Å². The van der Waals surface area contributed by atoms with Crippen molar-refractivity contribution in [3.63, 3.8) is 0 Å². The highest BCUT2D eigenvalue weighted by Crippen LogP contribution is 2.09. The zero-order valence-electron chi connectivity index (χ0n) is 12.7. The fourth-order valence-electron chi connectivity index (χ4n) is 2.48. The second-order valence-corrected chi connectivity index (χ2v) is 5.42. The average molecular weight is 271 g/mol. The summed E-state index contributed by atoms with van der Waals surface area (Å²) in [6, 6.07) is 0.177. The molecule has 0 radical (unpaired) electrons. The second-order valence-electron chi connectivity index (χ2n) is 5.42. The third-order valence-corrected chi connectivity index (χ3v) is 3.64. The van der Waals surface area contributed by atoms with E-state index in [2.05, 4.69) is 29.4 Å². The quantitative estimate of drug-likeness (QED) is 0.712. The fraction of sp³-hybridized carbons (Fsp3) is 0.929. The smallest absolute Gasteiger partial charge is 0.237 e. The number of amides is 1. The van der Waals surface area contributed by atoms with Crippen LogP contribution >= 0.6 is 0 Å². The molecule has 1 fully saturated rings. The number of hydrogen-bond donors (Lipinski definition) is 2. The van der Waals surface area contributed by atoms with Crippen LogP contribution in [0.5, 0.6) is 0 Å². The summed E-state index contributed by atoms with van der Waals surface area (Å²) in [7, 11) is 1.92. The van der Waals surface area contributed by atoms with Gasteiger partial charge in [-0.3, -0.25) is 9.69 Å². The molecule has 1 heterocycles. The molecule has 3 atom stereocenters. The molecule has 19 heavy (non-hydrogen) atoms. The highest BCUT2D eigenvalue weighted by Gasteiger charge is 2.27. The lowest BCUT2D eigenvalue weighted by Gasteiger charge is -2.36. The molecule has 3 unspecified atom stereocenters. The number of morpholine rings is 1. The van der Waals surface area contributed by atoms with E-state index in [0.717, 1.165) is 32.5 Å². The van der Waals surface area contributed by atoms with Crippen molar-refractivity contribution < 1.29 is 9.53 Å². The molecule has 5 nitrogen and oxygen atoms in total. The number of likely N-dealkylation sites (N-methyl/N-ethyl adjacent to an activating group) is 1. The average Bonchev–Trinajstić information content (AvgIpc) is 2.38. The lowest BCUT2D eigenvalue weighted by atomic mass is 10.1. The lowest BCUT2D eigenvalue weighted by molar-refractivity contribution is -0.129. The van der Waals surface area contributed by atoms with E-state index in [-0.39, 0.29) is 24.1 Å². The van der Waals surface area contributed by atoms with Gasteiger partial charge < -0.3 is 15.4 Å². The van der Waals surface area contributed by atoms with E-state index in [9.17, 15) is 4.79 Å². The normalized spacial score (nSPS) is 23.9. The van der Waals surface area contributed by atoms with E-state index in [4.69, 9.17) is 4.74 Å². The molecule has 0 bridgehead atoms. The Kier molecular flexibility index (Phi) is 7.34. The van der Waals surface area contributed by atoms with Gasteiger partial charge in [0, 0.05) is 25.7 Å². The minimum atomic E-state index is -0.0810. The third kappa shape index (κ3) is 5.47. The molecule has 0 aliphatic carbocycles. The minimum Gasteiger partial charge on any atom is -0.374 e. The second kappa shape index (κ2) is 8.51. The van der Waals surface area contributed by atoms with Crippen LogP contribution in [0.4, 0.5) is 0 Å². The van der Waals surface area contributed by atoms with Crippen molar-refractivity contribution in [2.24, 2.45) is 0 Å². The van der Waals surface area contributed by atoms with Gasteiger partial charge in [-0.15, -0.1) is 0 Å².